The largest absolute Gasteiger partial charge is 0.309 e. The minimum atomic E-state index is 0.416. The third-order valence-electron chi connectivity index (χ3n) is 10.2. The number of para-hydroxylation sites is 1. The van der Waals surface area contributed by atoms with Gasteiger partial charge >= 0.3 is 0 Å². The summed E-state index contributed by atoms with van der Waals surface area (Å²) in [5.74, 6) is 0.416. The fraction of sp³-hybridized carbons (Fsp3) is 0.180. The number of fused-ring (bicyclic) bond motifs is 10. The van der Waals surface area contributed by atoms with Crippen LogP contribution in [0.2, 0.25) is 0 Å². The Kier molecular flexibility index (Phi) is 10.5. The highest BCUT2D eigenvalue weighted by Gasteiger charge is 2.27. The number of allylic oxidation sites excluding steroid dienone is 8. The Balaban J connectivity index is 0.00000102. The molecule has 2 bridgehead atoms. The topological polar surface area (TPSA) is 17.8 Å². The van der Waals surface area contributed by atoms with E-state index in [4.69, 9.17) is 0 Å². The zero-order chi connectivity index (χ0) is 36.0. The fourth-order valence-electron chi connectivity index (χ4n) is 7.94. The van der Waals surface area contributed by atoms with Gasteiger partial charge in [-0.25, -0.2) is 0 Å². The third-order valence-corrected chi connectivity index (χ3v) is 10.2. The monoisotopic (exact) mass is 676 g/mol. The molecule has 0 spiro atoms. The Hall–Kier alpha value is -5.73. The summed E-state index contributed by atoms with van der Waals surface area (Å²) in [4.78, 5) is 4.68. The number of benzene rings is 5. The number of rotatable bonds is 4. The standard InChI is InChI=1S/C46H36N2.2C2H6/c1-31-37-18-6-5-13-34(14-10-21-38(31)40-20-8-7-19-39(37)40)35-15-9-12-32(29-35)28-33-23-26-45-43(30-33)41-24-25-44-42(22-11-27-47-44)46(41)48(45)36-16-3-2-4-17-36;2*1-2/h2-9,11-12,14-27,29-31H,10,13,28H2,1H3;2*1-2H3/b6-5-,34-14?,37-18+,38-21+;;. The minimum Gasteiger partial charge on any atom is -0.309 e. The summed E-state index contributed by atoms with van der Waals surface area (Å²) in [5.41, 5.74) is 15.6. The molecule has 2 aromatic heterocycles. The molecule has 0 N–H and O–H groups in total. The molecule has 0 saturated carbocycles. The van der Waals surface area contributed by atoms with Gasteiger partial charge in [-0.2, -0.15) is 0 Å². The second-order valence-corrected chi connectivity index (χ2v) is 13.1. The number of hydrogen-bond acceptors (Lipinski definition) is 1. The van der Waals surface area contributed by atoms with E-state index in [9.17, 15) is 0 Å². The highest BCUT2D eigenvalue weighted by Crippen LogP contribution is 2.45. The predicted molar refractivity (Wildman–Crippen MR) is 226 cm³/mol. The van der Waals surface area contributed by atoms with Gasteiger partial charge in [0.05, 0.1) is 16.6 Å². The Labute approximate surface area is 309 Å². The van der Waals surface area contributed by atoms with Crippen molar-refractivity contribution in [2.24, 2.45) is 5.92 Å². The van der Waals surface area contributed by atoms with Crippen molar-refractivity contribution >= 4 is 49.4 Å². The minimum absolute atomic E-state index is 0.416. The fourth-order valence-corrected chi connectivity index (χ4v) is 7.94. The molecular weight excluding hydrogens is 629 g/mol. The molecule has 0 amide bonds. The van der Waals surface area contributed by atoms with Crippen LogP contribution in [0.1, 0.15) is 75.3 Å². The van der Waals surface area contributed by atoms with E-state index in [1.54, 1.807) is 0 Å². The van der Waals surface area contributed by atoms with Gasteiger partial charge in [-0.05, 0) is 106 Å². The summed E-state index contributed by atoms with van der Waals surface area (Å²) < 4.78 is 2.40. The van der Waals surface area contributed by atoms with Crippen LogP contribution in [0, 0.1) is 5.92 Å². The van der Waals surface area contributed by atoms with Crippen LogP contribution in [-0.4, -0.2) is 9.55 Å². The van der Waals surface area contributed by atoms with Crippen molar-refractivity contribution in [3.8, 4) is 5.69 Å². The third kappa shape index (κ3) is 6.46. The van der Waals surface area contributed by atoms with Crippen LogP contribution in [0.5, 0.6) is 0 Å². The molecule has 0 aliphatic heterocycles. The average molecular weight is 677 g/mol. The maximum atomic E-state index is 4.68. The summed E-state index contributed by atoms with van der Waals surface area (Å²) >= 11 is 0. The van der Waals surface area contributed by atoms with E-state index in [1.807, 2.05) is 40.0 Å². The first-order valence-corrected chi connectivity index (χ1v) is 19.0. The van der Waals surface area contributed by atoms with E-state index in [0.29, 0.717) is 5.92 Å². The van der Waals surface area contributed by atoms with Crippen LogP contribution >= 0.6 is 0 Å². The molecule has 1 atom stereocenters. The number of hydrogen-bond donors (Lipinski definition) is 0. The molecule has 5 aromatic carbocycles. The van der Waals surface area contributed by atoms with E-state index in [1.165, 1.54) is 71.7 Å². The normalized spacial score (nSPS) is 17.6. The van der Waals surface area contributed by atoms with E-state index in [0.717, 1.165) is 30.5 Å². The molecule has 0 saturated heterocycles. The summed E-state index contributed by atoms with van der Waals surface area (Å²) in [5, 5.41) is 3.71. The SMILES string of the molecule is CC.CC.CC1/C2=C\C=C/CC(c3cccc(Cc4ccc5c(c4)c4ccc6ncccc6c4n5-c4ccccc4)c3)=CC/C=C\1c1ccccc12. The maximum absolute atomic E-state index is 4.68. The van der Waals surface area contributed by atoms with Crippen molar-refractivity contribution in [3.63, 3.8) is 0 Å². The van der Waals surface area contributed by atoms with Crippen molar-refractivity contribution in [3.05, 3.63) is 186 Å². The van der Waals surface area contributed by atoms with Crippen molar-refractivity contribution < 1.29 is 0 Å². The maximum Gasteiger partial charge on any atom is 0.0723 e. The molecule has 2 nitrogen and oxygen atoms in total. The molecule has 2 aliphatic carbocycles. The second kappa shape index (κ2) is 15.7. The highest BCUT2D eigenvalue weighted by molar-refractivity contribution is 6.18. The van der Waals surface area contributed by atoms with Crippen molar-refractivity contribution in [1.82, 2.24) is 9.55 Å². The smallest absolute Gasteiger partial charge is 0.0723 e. The molecule has 9 rings (SSSR count). The Morgan fingerprint density at radius 2 is 1.42 bits per heavy atom. The van der Waals surface area contributed by atoms with Crippen LogP contribution < -0.4 is 0 Å². The lowest BCUT2D eigenvalue weighted by Gasteiger charge is -2.10. The molecule has 0 fully saturated rings. The van der Waals surface area contributed by atoms with Crippen LogP contribution in [0.3, 0.4) is 0 Å². The van der Waals surface area contributed by atoms with Crippen LogP contribution in [0.25, 0.3) is 55.1 Å². The molecule has 2 aliphatic rings. The summed E-state index contributed by atoms with van der Waals surface area (Å²) in [6.45, 7) is 10.3. The van der Waals surface area contributed by atoms with Crippen LogP contribution in [0.15, 0.2) is 158 Å². The summed E-state index contributed by atoms with van der Waals surface area (Å²) in [7, 11) is 0. The van der Waals surface area contributed by atoms with Crippen molar-refractivity contribution in [2.75, 3.05) is 0 Å². The van der Waals surface area contributed by atoms with Gasteiger partial charge in [0, 0.05) is 34.0 Å². The van der Waals surface area contributed by atoms with Gasteiger partial charge in [-0.1, -0.05) is 144 Å². The van der Waals surface area contributed by atoms with Gasteiger partial charge in [0.15, 0.2) is 0 Å². The molecule has 2 heterocycles. The van der Waals surface area contributed by atoms with E-state index >= 15 is 0 Å². The zero-order valence-corrected chi connectivity index (χ0v) is 31.1. The van der Waals surface area contributed by atoms with Crippen molar-refractivity contribution in [2.45, 2.75) is 53.9 Å². The van der Waals surface area contributed by atoms with Gasteiger partial charge in [0.2, 0.25) is 0 Å². The molecule has 52 heavy (non-hydrogen) atoms. The van der Waals surface area contributed by atoms with E-state index in [2.05, 4.69) is 162 Å². The molecule has 258 valence electrons. The van der Waals surface area contributed by atoms with E-state index < -0.39 is 0 Å². The first-order valence-electron chi connectivity index (χ1n) is 19.0. The number of pyridine rings is 1. The quantitative estimate of drug-likeness (QED) is 0.181. The lowest BCUT2D eigenvalue weighted by Crippen LogP contribution is -1.95. The number of nitrogens with zero attached hydrogens (tertiary/aromatic N) is 2. The Bertz CT molecular complexity index is 2490. The lowest BCUT2D eigenvalue weighted by molar-refractivity contribution is 1.01. The van der Waals surface area contributed by atoms with Gasteiger partial charge in [0.1, 0.15) is 0 Å². The first-order chi connectivity index (χ1) is 25.7. The van der Waals surface area contributed by atoms with Gasteiger partial charge in [-0.15, -0.1) is 0 Å². The van der Waals surface area contributed by atoms with Crippen molar-refractivity contribution in [1.29, 1.82) is 0 Å². The first kappa shape index (κ1) is 34.7. The molecule has 2 heteroatoms. The number of aromatic nitrogens is 2. The molecule has 0 radical (unpaired) electrons. The summed E-state index contributed by atoms with van der Waals surface area (Å²) in [6, 6.07) is 44.3. The predicted octanol–water partition coefficient (Wildman–Crippen LogP) is 13.8. The molecule has 7 aromatic rings. The highest BCUT2D eigenvalue weighted by atomic mass is 15.0. The lowest BCUT2D eigenvalue weighted by atomic mass is 9.95. The second-order valence-electron chi connectivity index (χ2n) is 13.1. The Morgan fingerprint density at radius 3 is 2.25 bits per heavy atom. The average Bonchev–Trinajstić information content (AvgIpc) is 3.67. The van der Waals surface area contributed by atoms with Crippen LogP contribution in [0.4, 0.5) is 0 Å². The van der Waals surface area contributed by atoms with Crippen LogP contribution in [-0.2, 0) is 6.42 Å². The molecule has 1 unspecified atom stereocenters. The zero-order valence-electron chi connectivity index (χ0n) is 31.1. The van der Waals surface area contributed by atoms with Gasteiger partial charge in [-0.3, -0.25) is 4.98 Å². The van der Waals surface area contributed by atoms with Gasteiger partial charge in [0.25, 0.3) is 0 Å². The van der Waals surface area contributed by atoms with E-state index in [-0.39, 0.29) is 0 Å². The van der Waals surface area contributed by atoms with Gasteiger partial charge < -0.3 is 4.57 Å². The Morgan fingerprint density at radius 1 is 0.654 bits per heavy atom. The molecular formula is C50H48N2. The summed E-state index contributed by atoms with van der Waals surface area (Å²) in [6.07, 6.45) is 16.4.